The smallest absolute Gasteiger partial charge is 0.328 e. The predicted octanol–water partition coefficient (Wildman–Crippen LogP) is 1.09. The molecule has 0 spiro atoms. The second-order valence-electron chi connectivity index (χ2n) is 3.58. The van der Waals surface area contributed by atoms with E-state index in [1.54, 1.807) is 13.0 Å². The molecule has 19 heavy (non-hydrogen) atoms. The van der Waals surface area contributed by atoms with Crippen molar-refractivity contribution in [1.29, 1.82) is 0 Å². The van der Waals surface area contributed by atoms with Crippen molar-refractivity contribution in [2.24, 2.45) is 0 Å². The lowest BCUT2D eigenvalue weighted by molar-refractivity contribution is -0.131. The Hall–Kier alpha value is -1.86. The second kappa shape index (κ2) is 6.35. The van der Waals surface area contributed by atoms with E-state index in [-0.39, 0.29) is 17.2 Å². The Morgan fingerprint density at radius 3 is 2.68 bits per heavy atom. The van der Waals surface area contributed by atoms with Gasteiger partial charge in [0.1, 0.15) is 10.6 Å². The van der Waals surface area contributed by atoms with Gasteiger partial charge in [-0.2, -0.15) is 0 Å². The molecule has 0 aromatic heterocycles. The summed E-state index contributed by atoms with van der Waals surface area (Å²) in [7, 11) is -2.30. The van der Waals surface area contributed by atoms with E-state index >= 15 is 0 Å². The summed E-state index contributed by atoms with van der Waals surface area (Å²) in [4.78, 5) is 10.4. The van der Waals surface area contributed by atoms with Crippen molar-refractivity contribution in [3.8, 4) is 5.75 Å². The third-order valence-electron chi connectivity index (χ3n) is 2.23. The van der Waals surface area contributed by atoms with Gasteiger partial charge in [0, 0.05) is 12.6 Å². The van der Waals surface area contributed by atoms with Crippen molar-refractivity contribution >= 4 is 22.1 Å². The summed E-state index contributed by atoms with van der Waals surface area (Å²) < 4.78 is 31.3. The van der Waals surface area contributed by atoms with E-state index in [2.05, 4.69) is 4.72 Å². The van der Waals surface area contributed by atoms with Gasteiger partial charge in [-0.1, -0.05) is 13.0 Å². The van der Waals surface area contributed by atoms with Gasteiger partial charge in [-0.3, -0.25) is 0 Å². The van der Waals surface area contributed by atoms with Gasteiger partial charge in [0.2, 0.25) is 10.0 Å². The van der Waals surface area contributed by atoms with E-state index in [4.69, 9.17) is 9.84 Å². The molecule has 0 fully saturated rings. The van der Waals surface area contributed by atoms with Crippen LogP contribution < -0.4 is 9.46 Å². The molecule has 6 nitrogen and oxygen atoms in total. The van der Waals surface area contributed by atoms with Crippen LogP contribution in [0, 0.1) is 0 Å². The summed E-state index contributed by atoms with van der Waals surface area (Å²) in [5.41, 5.74) is 0.458. The van der Waals surface area contributed by atoms with Crippen LogP contribution in [0.25, 0.3) is 6.08 Å². The van der Waals surface area contributed by atoms with Gasteiger partial charge >= 0.3 is 5.97 Å². The zero-order chi connectivity index (χ0) is 14.5. The number of aliphatic carboxylic acids is 1. The molecule has 1 rings (SSSR count). The first kappa shape index (κ1) is 15.2. The van der Waals surface area contributed by atoms with Crippen LogP contribution in [-0.4, -0.2) is 33.1 Å². The molecule has 0 saturated carbocycles. The van der Waals surface area contributed by atoms with Gasteiger partial charge in [0.25, 0.3) is 0 Å². The normalized spacial score (nSPS) is 11.7. The zero-order valence-corrected chi connectivity index (χ0v) is 11.4. The Labute approximate surface area is 111 Å². The fraction of sp³-hybridized carbons (Fsp3) is 0.250. The van der Waals surface area contributed by atoms with Gasteiger partial charge in [-0.15, -0.1) is 0 Å². The number of hydrogen-bond donors (Lipinski definition) is 2. The molecule has 2 N–H and O–H groups in total. The van der Waals surface area contributed by atoms with Crippen LogP contribution in [0.3, 0.4) is 0 Å². The summed E-state index contributed by atoms with van der Waals surface area (Å²) in [5, 5.41) is 8.55. The van der Waals surface area contributed by atoms with Crippen molar-refractivity contribution < 1.29 is 23.1 Å². The number of ether oxygens (including phenoxy) is 1. The van der Waals surface area contributed by atoms with Crippen molar-refractivity contribution in [2.75, 3.05) is 13.7 Å². The average molecular weight is 285 g/mol. The molecular weight excluding hydrogens is 270 g/mol. The lowest BCUT2D eigenvalue weighted by Gasteiger charge is -2.10. The van der Waals surface area contributed by atoms with Crippen molar-refractivity contribution in [3.05, 3.63) is 29.8 Å². The maximum absolute atomic E-state index is 12.0. The van der Waals surface area contributed by atoms with Crippen molar-refractivity contribution in [3.63, 3.8) is 0 Å². The highest BCUT2D eigenvalue weighted by atomic mass is 32.2. The minimum Gasteiger partial charge on any atom is -0.495 e. The summed E-state index contributed by atoms with van der Waals surface area (Å²) in [5.74, 6) is -0.902. The van der Waals surface area contributed by atoms with Crippen LogP contribution >= 0.6 is 0 Å². The molecule has 0 amide bonds. The Morgan fingerprint density at radius 2 is 2.16 bits per heavy atom. The first-order valence-corrected chi connectivity index (χ1v) is 6.97. The average Bonchev–Trinajstić information content (AvgIpc) is 2.36. The molecular formula is C12H15NO5S. The number of nitrogens with one attached hydrogen (secondary N) is 1. The lowest BCUT2D eigenvalue weighted by atomic mass is 10.2. The lowest BCUT2D eigenvalue weighted by Crippen LogP contribution is -2.23. The summed E-state index contributed by atoms with van der Waals surface area (Å²) in [6.45, 7) is 1.92. The third-order valence-corrected chi connectivity index (χ3v) is 3.80. The molecule has 0 unspecified atom stereocenters. The Kier molecular flexibility index (Phi) is 5.08. The Morgan fingerprint density at radius 1 is 1.47 bits per heavy atom. The van der Waals surface area contributed by atoms with Gasteiger partial charge in [0.15, 0.2) is 0 Å². The van der Waals surface area contributed by atoms with E-state index in [1.807, 2.05) is 0 Å². The fourth-order valence-electron chi connectivity index (χ4n) is 1.44. The SMILES string of the molecule is CCNS(=O)(=O)c1cc(/C=C/C(=O)O)ccc1OC. The Bertz CT molecular complexity index is 592. The first-order chi connectivity index (χ1) is 8.90. The predicted molar refractivity (Wildman–Crippen MR) is 70.5 cm³/mol. The fourth-order valence-corrected chi connectivity index (χ4v) is 2.69. The highest BCUT2D eigenvalue weighted by Gasteiger charge is 2.18. The second-order valence-corrected chi connectivity index (χ2v) is 5.32. The number of carboxylic acids is 1. The maximum Gasteiger partial charge on any atom is 0.328 e. The first-order valence-electron chi connectivity index (χ1n) is 5.49. The van der Waals surface area contributed by atoms with E-state index in [0.29, 0.717) is 5.56 Å². The minimum atomic E-state index is -3.67. The number of methoxy groups -OCH3 is 1. The van der Waals surface area contributed by atoms with Crippen LogP contribution in [-0.2, 0) is 14.8 Å². The monoisotopic (exact) mass is 285 g/mol. The molecule has 104 valence electrons. The van der Waals surface area contributed by atoms with E-state index in [9.17, 15) is 13.2 Å². The third kappa shape index (κ3) is 4.08. The summed E-state index contributed by atoms with van der Waals surface area (Å²) >= 11 is 0. The molecule has 0 bridgehead atoms. The minimum absolute atomic E-state index is 0.0237. The number of hydrogen-bond acceptors (Lipinski definition) is 4. The van der Waals surface area contributed by atoms with E-state index in [0.717, 1.165) is 6.08 Å². The number of sulfonamides is 1. The van der Waals surface area contributed by atoms with Crippen LogP contribution in [0.2, 0.25) is 0 Å². The molecule has 0 aliphatic rings. The molecule has 0 aliphatic heterocycles. The van der Waals surface area contributed by atoms with Gasteiger partial charge in [-0.05, 0) is 23.8 Å². The quantitative estimate of drug-likeness (QED) is 0.763. The van der Waals surface area contributed by atoms with Crippen molar-refractivity contribution in [1.82, 2.24) is 4.72 Å². The van der Waals surface area contributed by atoms with Crippen LogP contribution in [0.1, 0.15) is 12.5 Å². The van der Waals surface area contributed by atoms with Crippen LogP contribution in [0.4, 0.5) is 0 Å². The number of carboxylic acid groups (broad SMARTS) is 1. The highest BCUT2D eigenvalue weighted by Crippen LogP contribution is 2.25. The molecule has 0 radical (unpaired) electrons. The summed E-state index contributed by atoms with van der Waals surface area (Å²) in [6.07, 6.45) is 2.25. The Balaban J connectivity index is 3.28. The van der Waals surface area contributed by atoms with Gasteiger partial charge in [-0.25, -0.2) is 17.9 Å². The van der Waals surface area contributed by atoms with Crippen LogP contribution in [0.15, 0.2) is 29.2 Å². The van der Waals surface area contributed by atoms with Crippen molar-refractivity contribution in [2.45, 2.75) is 11.8 Å². The largest absolute Gasteiger partial charge is 0.495 e. The molecule has 1 aromatic rings. The maximum atomic E-state index is 12.0. The summed E-state index contributed by atoms with van der Waals surface area (Å²) in [6, 6.07) is 4.41. The molecule has 0 aliphatic carbocycles. The van der Waals surface area contributed by atoms with E-state index in [1.165, 1.54) is 25.3 Å². The number of rotatable bonds is 6. The molecule has 0 atom stereocenters. The van der Waals surface area contributed by atoms with E-state index < -0.39 is 16.0 Å². The zero-order valence-electron chi connectivity index (χ0n) is 10.6. The molecule has 0 saturated heterocycles. The van der Waals surface area contributed by atoms with Crippen LogP contribution in [0.5, 0.6) is 5.75 Å². The molecule has 0 heterocycles. The number of carbonyl (C=O) groups is 1. The number of benzene rings is 1. The van der Waals surface area contributed by atoms with Gasteiger partial charge in [0.05, 0.1) is 7.11 Å². The highest BCUT2D eigenvalue weighted by molar-refractivity contribution is 7.89. The van der Waals surface area contributed by atoms with Gasteiger partial charge < -0.3 is 9.84 Å². The molecule has 7 heteroatoms. The molecule has 1 aromatic carbocycles. The standard InChI is InChI=1S/C12H15NO5S/c1-3-13-19(16,17)11-8-9(5-7-12(14)15)4-6-10(11)18-2/h4-8,13H,3H2,1-2H3,(H,14,15)/b7-5+. The topological polar surface area (TPSA) is 92.7 Å².